The molecule has 6 heteroatoms. The van der Waals surface area contributed by atoms with Gasteiger partial charge in [0.05, 0.1) is 5.69 Å². The van der Waals surface area contributed by atoms with Gasteiger partial charge in [-0.2, -0.15) is 0 Å². The first-order valence-corrected chi connectivity index (χ1v) is 10.6. The third-order valence-electron chi connectivity index (χ3n) is 5.32. The Morgan fingerprint density at radius 2 is 1.84 bits per heavy atom. The highest BCUT2D eigenvalue weighted by atomic mass is 16.5. The number of nitrogens with one attached hydrogen (secondary N) is 1. The molecule has 6 nitrogen and oxygen atoms in total. The Bertz CT molecular complexity index is 1090. The number of nitrogens with zero attached hydrogens (tertiary/aromatic N) is 1. The Morgan fingerprint density at radius 3 is 2.45 bits per heavy atom. The fourth-order valence-electron chi connectivity index (χ4n) is 3.55. The molecule has 0 amide bonds. The van der Waals surface area contributed by atoms with Crippen LogP contribution in [0.1, 0.15) is 58.6 Å². The number of hydrogen-bond acceptors (Lipinski definition) is 3. The van der Waals surface area contributed by atoms with Crippen LogP contribution in [-0.2, 0) is 10.2 Å². The van der Waals surface area contributed by atoms with E-state index in [1.165, 1.54) is 10.1 Å². The predicted octanol–water partition coefficient (Wildman–Crippen LogP) is 5.75. The fraction of sp³-hybridized carbons (Fsp3) is 0.360. The minimum atomic E-state index is -1.01. The molecule has 0 radical (unpaired) electrons. The summed E-state index contributed by atoms with van der Waals surface area (Å²) in [5.74, 6) is 0.312. The summed E-state index contributed by atoms with van der Waals surface area (Å²) in [7, 11) is 0. The number of carboxylic acid groups (broad SMARTS) is 1. The second-order valence-corrected chi connectivity index (χ2v) is 8.75. The van der Waals surface area contributed by atoms with Gasteiger partial charge < -0.3 is 14.8 Å². The third-order valence-corrected chi connectivity index (χ3v) is 5.32. The Kier molecular flexibility index (Phi) is 6.68. The first-order valence-electron chi connectivity index (χ1n) is 10.6. The van der Waals surface area contributed by atoms with Crippen molar-refractivity contribution in [2.24, 2.45) is 0 Å². The molecule has 31 heavy (non-hydrogen) atoms. The monoisotopic (exact) mass is 422 g/mol. The second kappa shape index (κ2) is 9.25. The van der Waals surface area contributed by atoms with Crippen molar-refractivity contribution < 1.29 is 14.6 Å². The van der Waals surface area contributed by atoms with Crippen LogP contribution in [0.5, 0.6) is 11.5 Å². The summed E-state index contributed by atoms with van der Waals surface area (Å²) >= 11 is 0. The van der Waals surface area contributed by atoms with Gasteiger partial charge in [0.1, 0.15) is 17.5 Å². The summed E-state index contributed by atoms with van der Waals surface area (Å²) in [6.45, 7) is 8.48. The van der Waals surface area contributed by atoms with Crippen molar-refractivity contribution in [2.45, 2.75) is 58.4 Å². The van der Waals surface area contributed by atoms with Crippen LogP contribution in [0.2, 0.25) is 0 Å². The maximum atomic E-state index is 12.4. The molecule has 0 saturated carbocycles. The van der Waals surface area contributed by atoms with Crippen molar-refractivity contribution in [3.05, 3.63) is 70.8 Å². The molecule has 0 fully saturated rings. The van der Waals surface area contributed by atoms with Crippen molar-refractivity contribution in [1.29, 1.82) is 0 Å². The molecule has 0 aliphatic carbocycles. The lowest BCUT2D eigenvalue weighted by Crippen LogP contribution is -2.28. The lowest BCUT2D eigenvalue weighted by Gasteiger charge is -2.19. The average Bonchev–Trinajstić information content (AvgIpc) is 3.09. The number of benzene rings is 2. The van der Waals surface area contributed by atoms with E-state index in [1.807, 2.05) is 55.5 Å². The maximum Gasteiger partial charge on any atom is 0.326 e. The summed E-state index contributed by atoms with van der Waals surface area (Å²) in [5.41, 5.74) is 2.10. The Hall–Kier alpha value is -3.28. The van der Waals surface area contributed by atoms with Gasteiger partial charge in [-0.3, -0.25) is 4.57 Å². The summed E-state index contributed by atoms with van der Waals surface area (Å²) < 4.78 is 7.34. The van der Waals surface area contributed by atoms with Gasteiger partial charge in [0, 0.05) is 11.8 Å². The van der Waals surface area contributed by atoms with Gasteiger partial charge >= 0.3 is 11.7 Å². The highest BCUT2D eigenvalue weighted by molar-refractivity contribution is 5.73. The van der Waals surface area contributed by atoms with Crippen molar-refractivity contribution in [1.82, 2.24) is 9.55 Å². The number of aromatic amines is 1. The zero-order chi connectivity index (χ0) is 22.6. The van der Waals surface area contributed by atoms with E-state index in [2.05, 4.69) is 25.8 Å². The number of aromatic nitrogens is 2. The van der Waals surface area contributed by atoms with Crippen LogP contribution in [0, 0.1) is 0 Å². The molecule has 1 atom stereocenters. The quantitative estimate of drug-likeness (QED) is 0.484. The minimum Gasteiger partial charge on any atom is -0.480 e. The number of H-pyrrole nitrogens is 1. The first-order chi connectivity index (χ1) is 14.7. The van der Waals surface area contributed by atoms with E-state index in [-0.39, 0.29) is 5.41 Å². The summed E-state index contributed by atoms with van der Waals surface area (Å²) in [4.78, 5) is 26.9. The number of rotatable bonds is 8. The standard InChI is InChI=1S/C25H30N2O4/c1-5-6-10-21(23(28)29)27-22(16-26-24(27)30)17-8-7-9-20(15-17)31-19-13-11-18(12-14-19)25(2,3)4/h7-9,11-16,21H,5-6,10H2,1-4H3,(H,26,30)(H,28,29)/t21-/m0/s1. The SMILES string of the molecule is CCCC[C@@H](C(=O)O)n1c(-c2cccc(Oc3ccc(C(C)(C)C)cc3)c2)c[nH]c1=O. The molecule has 3 rings (SSSR count). The Balaban J connectivity index is 1.90. The molecule has 0 aliphatic rings. The zero-order valence-corrected chi connectivity index (χ0v) is 18.5. The van der Waals surface area contributed by atoms with E-state index in [4.69, 9.17) is 4.74 Å². The highest BCUT2D eigenvalue weighted by Gasteiger charge is 2.24. The summed E-state index contributed by atoms with van der Waals surface area (Å²) in [6, 6.07) is 14.4. The summed E-state index contributed by atoms with van der Waals surface area (Å²) in [6.07, 6.45) is 3.53. The number of carbonyl (C=O) groups is 1. The number of ether oxygens (including phenoxy) is 1. The van der Waals surface area contributed by atoms with Crippen molar-refractivity contribution in [3.8, 4) is 22.8 Å². The maximum absolute atomic E-state index is 12.4. The molecule has 3 aromatic rings. The number of carboxylic acids is 1. The van der Waals surface area contributed by atoms with E-state index in [0.29, 0.717) is 29.2 Å². The van der Waals surface area contributed by atoms with Crippen LogP contribution in [-0.4, -0.2) is 20.6 Å². The largest absolute Gasteiger partial charge is 0.480 e. The van der Waals surface area contributed by atoms with Gasteiger partial charge in [0.25, 0.3) is 0 Å². The molecule has 0 unspecified atom stereocenters. The van der Waals surface area contributed by atoms with Gasteiger partial charge in [-0.25, -0.2) is 9.59 Å². The van der Waals surface area contributed by atoms with E-state index < -0.39 is 17.7 Å². The lowest BCUT2D eigenvalue weighted by molar-refractivity contribution is -0.141. The van der Waals surface area contributed by atoms with E-state index >= 15 is 0 Å². The highest BCUT2D eigenvalue weighted by Crippen LogP contribution is 2.30. The topological polar surface area (TPSA) is 84.3 Å². The minimum absolute atomic E-state index is 0.0643. The van der Waals surface area contributed by atoms with E-state index in [9.17, 15) is 14.7 Å². The molecule has 0 bridgehead atoms. The molecule has 1 aromatic heterocycles. The van der Waals surface area contributed by atoms with Gasteiger partial charge in [-0.05, 0) is 41.7 Å². The number of hydrogen-bond donors (Lipinski definition) is 2. The molecule has 0 aliphatic heterocycles. The van der Waals surface area contributed by atoms with Crippen LogP contribution in [0.15, 0.2) is 59.5 Å². The molecule has 164 valence electrons. The zero-order valence-electron chi connectivity index (χ0n) is 18.5. The van der Waals surface area contributed by atoms with Crippen molar-refractivity contribution in [3.63, 3.8) is 0 Å². The fourth-order valence-corrected chi connectivity index (χ4v) is 3.55. The van der Waals surface area contributed by atoms with Crippen LogP contribution < -0.4 is 10.4 Å². The summed E-state index contributed by atoms with van der Waals surface area (Å²) in [5, 5.41) is 9.70. The molecule has 0 spiro atoms. The van der Waals surface area contributed by atoms with Gasteiger partial charge in [-0.1, -0.05) is 64.8 Å². The van der Waals surface area contributed by atoms with Crippen LogP contribution in [0.4, 0.5) is 0 Å². The van der Waals surface area contributed by atoms with Crippen molar-refractivity contribution >= 4 is 5.97 Å². The number of imidazole rings is 1. The van der Waals surface area contributed by atoms with Crippen LogP contribution >= 0.6 is 0 Å². The van der Waals surface area contributed by atoms with Crippen LogP contribution in [0.25, 0.3) is 11.3 Å². The average molecular weight is 423 g/mol. The van der Waals surface area contributed by atoms with Crippen molar-refractivity contribution in [2.75, 3.05) is 0 Å². The predicted molar refractivity (Wildman–Crippen MR) is 122 cm³/mol. The number of aliphatic carboxylic acids is 1. The second-order valence-electron chi connectivity index (χ2n) is 8.75. The lowest BCUT2D eigenvalue weighted by atomic mass is 9.87. The molecule has 2 N–H and O–H groups in total. The third kappa shape index (κ3) is 5.26. The number of unbranched alkanes of at least 4 members (excludes halogenated alkanes) is 1. The van der Waals surface area contributed by atoms with E-state index in [1.54, 1.807) is 6.20 Å². The molecule has 1 heterocycles. The smallest absolute Gasteiger partial charge is 0.326 e. The Labute approximate surface area is 182 Å². The first kappa shape index (κ1) is 22.4. The molecule has 0 saturated heterocycles. The molecular weight excluding hydrogens is 392 g/mol. The van der Waals surface area contributed by atoms with Crippen LogP contribution in [0.3, 0.4) is 0 Å². The van der Waals surface area contributed by atoms with Gasteiger partial charge in [0.2, 0.25) is 0 Å². The normalized spacial score (nSPS) is 12.5. The molecule has 2 aromatic carbocycles. The Morgan fingerprint density at radius 1 is 1.13 bits per heavy atom. The van der Waals surface area contributed by atoms with Gasteiger partial charge in [0.15, 0.2) is 0 Å². The molecular formula is C25H30N2O4. The van der Waals surface area contributed by atoms with E-state index in [0.717, 1.165) is 12.8 Å². The van der Waals surface area contributed by atoms with Gasteiger partial charge in [-0.15, -0.1) is 0 Å².